The molecule has 2 heteroatoms. The summed E-state index contributed by atoms with van der Waals surface area (Å²) in [6, 6.07) is 0. The summed E-state index contributed by atoms with van der Waals surface area (Å²) < 4.78 is 0. The average Bonchev–Trinajstić information content (AvgIpc) is 2.17. The standard InChI is InChI=1S/C9H12N2/c1-7-10-8-5-3-2-4-6-9(8)11-7/h3-7,10-11H,2H2,1H3. The summed E-state index contributed by atoms with van der Waals surface area (Å²) in [5.74, 6) is 0. The molecule has 2 N–H and O–H groups in total. The van der Waals surface area contributed by atoms with E-state index in [1.165, 1.54) is 11.4 Å². The first kappa shape index (κ1) is 6.53. The minimum absolute atomic E-state index is 0.368. The van der Waals surface area contributed by atoms with Crippen molar-refractivity contribution in [1.82, 2.24) is 10.6 Å². The Morgan fingerprint density at radius 3 is 2.27 bits per heavy atom. The molecule has 0 atom stereocenters. The zero-order chi connectivity index (χ0) is 7.68. The van der Waals surface area contributed by atoms with Crippen molar-refractivity contribution in [2.24, 2.45) is 0 Å². The highest BCUT2D eigenvalue weighted by Crippen LogP contribution is 2.13. The Morgan fingerprint density at radius 1 is 1.18 bits per heavy atom. The molecule has 1 aliphatic carbocycles. The summed E-state index contributed by atoms with van der Waals surface area (Å²) in [6.07, 6.45) is 9.98. The van der Waals surface area contributed by atoms with Crippen molar-refractivity contribution in [1.29, 1.82) is 0 Å². The Hall–Kier alpha value is -1.18. The van der Waals surface area contributed by atoms with Gasteiger partial charge in [-0.25, -0.2) is 0 Å². The zero-order valence-electron chi connectivity index (χ0n) is 6.59. The molecule has 0 fully saturated rings. The zero-order valence-corrected chi connectivity index (χ0v) is 6.59. The fraction of sp³-hybridized carbons (Fsp3) is 0.333. The topological polar surface area (TPSA) is 24.1 Å². The third-order valence-corrected chi connectivity index (χ3v) is 1.88. The maximum absolute atomic E-state index is 3.33. The van der Waals surface area contributed by atoms with Gasteiger partial charge in [0.1, 0.15) is 0 Å². The minimum Gasteiger partial charge on any atom is -0.364 e. The van der Waals surface area contributed by atoms with E-state index in [-0.39, 0.29) is 0 Å². The van der Waals surface area contributed by atoms with Gasteiger partial charge in [0.15, 0.2) is 0 Å². The normalized spacial score (nSPS) is 22.6. The van der Waals surface area contributed by atoms with Crippen LogP contribution in [0, 0.1) is 0 Å². The molecule has 1 heterocycles. The maximum Gasteiger partial charge on any atom is 0.0935 e. The van der Waals surface area contributed by atoms with Crippen molar-refractivity contribution in [3.63, 3.8) is 0 Å². The Balaban J connectivity index is 2.28. The molecule has 1 aliphatic heterocycles. The number of nitrogens with one attached hydrogen (secondary N) is 2. The van der Waals surface area contributed by atoms with Gasteiger partial charge in [0.25, 0.3) is 0 Å². The summed E-state index contributed by atoms with van der Waals surface area (Å²) in [6.45, 7) is 2.11. The molecule has 2 aliphatic rings. The molecule has 0 saturated heterocycles. The predicted molar refractivity (Wildman–Crippen MR) is 45.7 cm³/mol. The van der Waals surface area contributed by atoms with Crippen LogP contribution >= 0.6 is 0 Å². The van der Waals surface area contributed by atoms with Crippen LogP contribution in [-0.4, -0.2) is 6.17 Å². The van der Waals surface area contributed by atoms with E-state index < -0.39 is 0 Å². The molecular weight excluding hydrogens is 136 g/mol. The third kappa shape index (κ3) is 1.16. The van der Waals surface area contributed by atoms with E-state index >= 15 is 0 Å². The highest BCUT2D eigenvalue weighted by molar-refractivity contribution is 5.37. The van der Waals surface area contributed by atoms with Gasteiger partial charge in [-0.1, -0.05) is 12.2 Å². The lowest BCUT2D eigenvalue weighted by Gasteiger charge is -2.05. The van der Waals surface area contributed by atoms with Gasteiger partial charge in [0.2, 0.25) is 0 Å². The largest absolute Gasteiger partial charge is 0.364 e. The molecule has 11 heavy (non-hydrogen) atoms. The van der Waals surface area contributed by atoms with Crippen LogP contribution in [0.3, 0.4) is 0 Å². The smallest absolute Gasteiger partial charge is 0.0935 e. The van der Waals surface area contributed by atoms with Gasteiger partial charge in [-0.05, 0) is 25.5 Å². The second-order valence-corrected chi connectivity index (χ2v) is 2.88. The van der Waals surface area contributed by atoms with Gasteiger partial charge < -0.3 is 10.6 Å². The van der Waals surface area contributed by atoms with E-state index in [1.54, 1.807) is 0 Å². The molecular formula is C9H12N2. The monoisotopic (exact) mass is 148 g/mol. The lowest BCUT2D eigenvalue weighted by molar-refractivity contribution is 0.610. The first-order valence-corrected chi connectivity index (χ1v) is 3.97. The van der Waals surface area contributed by atoms with E-state index in [1.807, 2.05) is 0 Å². The summed E-state index contributed by atoms with van der Waals surface area (Å²) in [7, 11) is 0. The van der Waals surface area contributed by atoms with E-state index in [0.29, 0.717) is 6.17 Å². The van der Waals surface area contributed by atoms with Gasteiger partial charge in [-0.15, -0.1) is 0 Å². The third-order valence-electron chi connectivity index (χ3n) is 1.88. The van der Waals surface area contributed by atoms with Crippen molar-refractivity contribution >= 4 is 0 Å². The molecule has 0 bridgehead atoms. The molecule has 0 aromatic carbocycles. The molecule has 2 rings (SSSR count). The van der Waals surface area contributed by atoms with Crippen LogP contribution in [0.5, 0.6) is 0 Å². The van der Waals surface area contributed by atoms with E-state index in [9.17, 15) is 0 Å². The van der Waals surface area contributed by atoms with Crippen LogP contribution in [-0.2, 0) is 0 Å². The van der Waals surface area contributed by atoms with Crippen LogP contribution in [0.2, 0.25) is 0 Å². The Kier molecular flexibility index (Phi) is 1.46. The predicted octanol–water partition coefficient (Wildman–Crippen LogP) is 1.25. The number of hydrogen-bond donors (Lipinski definition) is 2. The second-order valence-electron chi connectivity index (χ2n) is 2.88. The van der Waals surface area contributed by atoms with Gasteiger partial charge in [-0.2, -0.15) is 0 Å². The van der Waals surface area contributed by atoms with Crippen molar-refractivity contribution in [3.8, 4) is 0 Å². The number of allylic oxidation sites excluding steroid dienone is 4. The molecule has 0 amide bonds. The van der Waals surface area contributed by atoms with Crippen LogP contribution < -0.4 is 10.6 Å². The quantitative estimate of drug-likeness (QED) is 0.540. The van der Waals surface area contributed by atoms with Crippen LogP contribution in [0.15, 0.2) is 35.7 Å². The average molecular weight is 148 g/mol. The molecule has 2 nitrogen and oxygen atoms in total. The maximum atomic E-state index is 3.33. The summed E-state index contributed by atoms with van der Waals surface area (Å²) in [5, 5.41) is 6.65. The van der Waals surface area contributed by atoms with Crippen molar-refractivity contribution < 1.29 is 0 Å². The molecule has 0 aromatic rings. The molecule has 0 unspecified atom stereocenters. The number of hydrogen-bond acceptors (Lipinski definition) is 2. The van der Waals surface area contributed by atoms with Crippen molar-refractivity contribution in [2.45, 2.75) is 19.5 Å². The number of rotatable bonds is 0. The lowest BCUT2D eigenvalue weighted by Crippen LogP contribution is -2.28. The fourth-order valence-electron chi connectivity index (χ4n) is 1.38. The van der Waals surface area contributed by atoms with Crippen molar-refractivity contribution in [2.75, 3.05) is 0 Å². The van der Waals surface area contributed by atoms with Crippen LogP contribution in [0.1, 0.15) is 13.3 Å². The highest BCUT2D eigenvalue weighted by Gasteiger charge is 2.14. The first-order chi connectivity index (χ1) is 5.36. The molecule has 0 saturated carbocycles. The van der Waals surface area contributed by atoms with Gasteiger partial charge in [0, 0.05) is 0 Å². The first-order valence-electron chi connectivity index (χ1n) is 3.97. The lowest BCUT2D eigenvalue weighted by atomic mass is 10.3. The summed E-state index contributed by atoms with van der Waals surface area (Å²) in [4.78, 5) is 0. The van der Waals surface area contributed by atoms with Gasteiger partial charge >= 0.3 is 0 Å². The van der Waals surface area contributed by atoms with E-state index in [0.717, 1.165) is 6.42 Å². The van der Waals surface area contributed by atoms with Crippen molar-refractivity contribution in [3.05, 3.63) is 35.7 Å². The highest BCUT2D eigenvalue weighted by atomic mass is 15.2. The summed E-state index contributed by atoms with van der Waals surface area (Å²) in [5.41, 5.74) is 2.43. The van der Waals surface area contributed by atoms with E-state index in [2.05, 4.69) is 41.9 Å². The Morgan fingerprint density at radius 2 is 1.73 bits per heavy atom. The Labute approximate surface area is 66.7 Å². The Bertz CT molecular complexity index is 224. The van der Waals surface area contributed by atoms with Crippen LogP contribution in [0.25, 0.3) is 0 Å². The molecule has 0 spiro atoms. The van der Waals surface area contributed by atoms with Gasteiger partial charge in [-0.3, -0.25) is 0 Å². The molecule has 0 aromatic heterocycles. The minimum atomic E-state index is 0.368. The van der Waals surface area contributed by atoms with E-state index in [4.69, 9.17) is 0 Å². The fourth-order valence-corrected chi connectivity index (χ4v) is 1.38. The second kappa shape index (κ2) is 2.46. The molecule has 58 valence electrons. The SMILES string of the molecule is CC1NC2=C(C=CCC=C2)N1. The molecule has 0 radical (unpaired) electrons. The van der Waals surface area contributed by atoms with Gasteiger partial charge in [0.05, 0.1) is 17.6 Å². The van der Waals surface area contributed by atoms with Crippen LogP contribution in [0.4, 0.5) is 0 Å². The summed E-state index contributed by atoms with van der Waals surface area (Å²) >= 11 is 0.